The van der Waals surface area contributed by atoms with Crippen LogP contribution in [0.1, 0.15) is 15.4 Å². The van der Waals surface area contributed by atoms with Crippen molar-refractivity contribution in [2.75, 3.05) is 0 Å². The van der Waals surface area contributed by atoms with Gasteiger partial charge < -0.3 is 0 Å². The minimum atomic E-state index is 0.0771. The van der Waals surface area contributed by atoms with Crippen LogP contribution in [-0.2, 0) is 6.42 Å². The van der Waals surface area contributed by atoms with Gasteiger partial charge in [0.15, 0.2) is 10.7 Å². The van der Waals surface area contributed by atoms with E-state index in [1.807, 2.05) is 22.2 Å². The lowest BCUT2D eigenvalue weighted by atomic mass is 10.2. The smallest absolute Gasteiger partial charge is 0.193 e. The van der Waals surface area contributed by atoms with Gasteiger partial charge in [0.05, 0.1) is 22.5 Å². The lowest BCUT2D eigenvalue weighted by Crippen LogP contribution is -2.01. The van der Waals surface area contributed by atoms with Gasteiger partial charge in [-0.1, -0.05) is 0 Å². The Morgan fingerprint density at radius 2 is 2.38 bits per heavy atom. The lowest BCUT2D eigenvalue weighted by molar-refractivity contribution is 0.0996. The molecule has 0 aliphatic rings. The van der Waals surface area contributed by atoms with E-state index >= 15 is 0 Å². The largest absolute Gasteiger partial charge is 0.297 e. The lowest BCUT2D eigenvalue weighted by Gasteiger charge is -1.92. The number of nitrogens with zero attached hydrogens (tertiary/aromatic N) is 3. The molecule has 0 radical (unpaired) electrons. The monoisotopic (exact) mass is 249 g/mol. The van der Waals surface area contributed by atoms with Crippen LogP contribution in [0.4, 0.5) is 0 Å². The number of thiazole rings is 2. The SMILES string of the molecule is O=C(Cc1cn2ccsc2n1)c1cncs1. The Balaban J connectivity index is 1.85. The van der Waals surface area contributed by atoms with Crippen LogP contribution in [0.3, 0.4) is 0 Å². The topological polar surface area (TPSA) is 47.3 Å². The maximum atomic E-state index is 11.8. The summed E-state index contributed by atoms with van der Waals surface area (Å²) in [7, 11) is 0. The molecule has 80 valence electrons. The number of hydrogen-bond donors (Lipinski definition) is 0. The van der Waals surface area contributed by atoms with Gasteiger partial charge in [0, 0.05) is 24.0 Å². The second-order valence-corrected chi connectivity index (χ2v) is 5.05. The Morgan fingerprint density at radius 1 is 1.44 bits per heavy atom. The third kappa shape index (κ3) is 1.66. The Bertz CT molecular complexity index is 595. The van der Waals surface area contributed by atoms with Gasteiger partial charge in [-0.05, 0) is 0 Å². The molecule has 6 heteroatoms. The van der Waals surface area contributed by atoms with Gasteiger partial charge in [0.1, 0.15) is 0 Å². The number of rotatable bonds is 3. The predicted octanol–water partition coefficient (Wildman–Crippen LogP) is 2.28. The van der Waals surface area contributed by atoms with Crippen LogP contribution < -0.4 is 0 Å². The van der Waals surface area contributed by atoms with E-state index < -0.39 is 0 Å². The maximum absolute atomic E-state index is 11.8. The number of carbonyl (C=O) groups excluding carboxylic acids is 1. The zero-order valence-corrected chi connectivity index (χ0v) is 9.79. The molecule has 0 saturated heterocycles. The van der Waals surface area contributed by atoms with Crippen LogP contribution >= 0.6 is 22.7 Å². The average molecular weight is 249 g/mol. The van der Waals surface area contributed by atoms with Crippen LogP contribution in [0.5, 0.6) is 0 Å². The summed E-state index contributed by atoms with van der Waals surface area (Å²) in [6.07, 6.45) is 5.78. The minimum Gasteiger partial charge on any atom is -0.297 e. The van der Waals surface area contributed by atoms with Crippen LogP contribution in [0, 0.1) is 0 Å². The molecule has 0 fully saturated rings. The van der Waals surface area contributed by atoms with Crippen molar-refractivity contribution in [3.05, 3.63) is 40.1 Å². The summed E-state index contributed by atoms with van der Waals surface area (Å²) in [6.45, 7) is 0. The molecule has 3 aromatic rings. The summed E-state index contributed by atoms with van der Waals surface area (Å²) in [5.41, 5.74) is 2.48. The van der Waals surface area contributed by atoms with Crippen LogP contribution in [0.2, 0.25) is 0 Å². The molecule has 0 spiro atoms. The first-order valence-corrected chi connectivity index (χ1v) is 6.41. The number of hydrogen-bond acceptors (Lipinski definition) is 5. The standard InChI is InChI=1S/C10H7N3OS2/c14-8(9-4-11-6-16-9)3-7-5-13-1-2-15-10(13)12-7/h1-2,4-6H,3H2. The highest BCUT2D eigenvalue weighted by Gasteiger charge is 2.11. The van der Waals surface area contributed by atoms with Crippen molar-refractivity contribution in [3.8, 4) is 0 Å². The van der Waals surface area contributed by atoms with E-state index in [9.17, 15) is 4.79 Å². The van der Waals surface area contributed by atoms with E-state index in [0.717, 1.165) is 10.7 Å². The molecule has 0 aliphatic carbocycles. The molecule has 4 nitrogen and oxygen atoms in total. The zero-order valence-electron chi connectivity index (χ0n) is 8.16. The highest BCUT2D eigenvalue weighted by atomic mass is 32.1. The molecule has 0 atom stereocenters. The third-order valence-corrected chi connectivity index (χ3v) is 3.78. The third-order valence-electron chi connectivity index (χ3n) is 2.19. The van der Waals surface area contributed by atoms with Crippen molar-refractivity contribution < 1.29 is 4.79 Å². The molecule has 0 unspecified atom stereocenters. The zero-order chi connectivity index (χ0) is 11.0. The molecular formula is C10H7N3OS2. The number of aromatic nitrogens is 3. The number of fused-ring (bicyclic) bond motifs is 1. The van der Waals surface area contributed by atoms with Crippen molar-refractivity contribution in [3.63, 3.8) is 0 Å². The normalized spacial score (nSPS) is 11.0. The summed E-state index contributed by atoms with van der Waals surface area (Å²) >= 11 is 2.93. The Morgan fingerprint density at radius 3 is 3.12 bits per heavy atom. The summed E-state index contributed by atoms with van der Waals surface area (Å²) in [5.74, 6) is 0.0771. The fraction of sp³-hybridized carbons (Fsp3) is 0.100. The molecule has 16 heavy (non-hydrogen) atoms. The van der Waals surface area contributed by atoms with Crippen molar-refractivity contribution >= 4 is 33.4 Å². The fourth-order valence-corrected chi connectivity index (χ4v) is 2.75. The van der Waals surface area contributed by atoms with Gasteiger partial charge in [-0.3, -0.25) is 14.2 Å². The van der Waals surface area contributed by atoms with Crippen LogP contribution in [0.15, 0.2) is 29.5 Å². The fourth-order valence-electron chi connectivity index (χ4n) is 1.47. The molecule has 3 rings (SSSR count). The van der Waals surface area contributed by atoms with Gasteiger partial charge in [-0.2, -0.15) is 0 Å². The first-order valence-electron chi connectivity index (χ1n) is 4.66. The molecule has 0 amide bonds. The van der Waals surface area contributed by atoms with E-state index in [1.165, 1.54) is 11.3 Å². The first-order chi connectivity index (χ1) is 7.83. The van der Waals surface area contributed by atoms with E-state index in [1.54, 1.807) is 23.0 Å². The van der Waals surface area contributed by atoms with Crippen molar-refractivity contribution in [2.24, 2.45) is 0 Å². The van der Waals surface area contributed by atoms with Gasteiger partial charge in [0.25, 0.3) is 0 Å². The number of imidazole rings is 1. The summed E-state index contributed by atoms with van der Waals surface area (Å²) in [5, 5.41) is 1.97. The average Bonchev–Trinajstić information content (AvgIpc) is 2.91. The summed E-state index contributed by atoms with van der Waals surface area (Å²) in [4.78, 5) is 21.7. The molecule has 0 aromatic carbocycles. The van der Waals surface area contributed by atoms with E-state index in [2.05, 4.69) is 9.97 Å². The molecule has 3 aromatic heterocycles. The first kappa shape index (κ1) is 9.68. The van der Waals surface area contributed by atoms with Gasteiger partial charge in [0.2, 0.25) is 0 Å². The number of Topliss-reactive ketones (excluding diaryl/α,β-unsaturated/α-hetero) is 1. The minimum absolute atomic E-state index is 0.0771. The molecular weight excluding hydrogens is 242 g/mol. The Kier molecular flexibility index (Phi) is 2.30. The van der Waals surface area contributed by atoms with Gasteiger partial charge >= 0.3 is 0 Å². The quantitative estimate of drug-likeness (QED) is 0.669. The molecule has 0 N–H and O–H groups in total. The van der Waals surface area contributed by atoms with E-state index in [-0.39, 0.29) is 5.78 Å². The van der Waals surface area contributed by atoms with Crippen molar-refractivity contribution in [1.82, 2.24) is 14.4 Å². The number of carbonyl (C=O) groups is 1. The molecule has 0 bridgehead atoms. The van der Waals surface area contributed by atoms with E-state index in [4.69, 9.17) is 0 Å². The number of ketones is 1. The van der Waals surface area contributed by atoms with Crippen molar-refractivity contribution in [2.45, 2.75) is 6.42 Å². The molecule has 3 heterocycles. The van der Waals surface area contributed by atoms with Crippen molar-refractivity contribution in [1.29, 1.82) is 0 Å². The van der Waals surface area contributed by atoms with Crippen LogP contribution in [0.25, 0.3) is 4.96 Å². The predicted molar refractivity (Wildman–Crippen MR) is 63.2 cm³/mol. The van der Waals surface area contributed by atoms with Gasteiger partial charge in [-0.25, -0.2) is 4.98 Å². The Hall–Kier alpha value is -1.53. The second-order valence-electron chi connectivity index (χ2n) is 3.29. The van der Waals surface area contributed by atoms with Gasteiger partial charge in [-0.15, -0.1) is 22.7 Å². The molecule has 0 saturated carbocycles. The molecule has 0 aliphatic heterocycles. The van der Waals surface area contributed by atoms with E-state index in [0.29, 0.717) is 11.3 Å². The second kappa shape index (κ2) is 3.80. The Labute approximate surface area is 99.2 Å². The summed E-state index contributed by atoms with van der Waals surface area (Å²) in [6, 6.07) is 0. The summed E-state index contributed by atoms with van der Waals surface area (Å²) < 4.78 is 1.93. The highest BCUT2D eigenvalue weighted by molar-refractivity contribution is 7.15. The highest BCUT2D eigenvalue weighted by Crippen LogP contribution is 2.14. The van der Waals surface area contributed by atoms with Crippen LogP contribution in [-0.4, -0.2) is 20.2 Å². The maximum Gasteiger partial charge on any atom is 0.193 e.